The molecule has 1 aliphatic heterocycles. The molecule has 0 unspecified atom stereocenters. The molecule has 0 atom stereocenters. The Labute approximate surface area is 117 Å². The predicted molar refractivity (Wildman–Crippen MR) is 77.0 cm³/mol. The van der Waals surface area contributed by atoms with Crippen LogP contribution < -0.4 is 10.2 Å². The number of hydrogen-bond acceptors (Lipinski definition) is 2. The molecule has 0 aliphatic carbocycles. The van der Waals surface area contributed by atoms with E-state index in [1.54, 1.807) is 6.92 Å². The van der Waals surface area contributed by atoms with E-state index in [0.717, 1.165) is 31.9 Å². The Morgan fingerprint density at radius 3 is 2.50 bits per heavy atom. The van der Waals surface area contributed by atoms with Crippen molar-refractivity contribution in [2.75, 3.05) is 31.1 Å². The van der Waals surface area contributed by atoms with Gasteiger partial charge in [0.25, 0.3) is 0 Å². The molecule has 1 aromatic carbocycles. The SMILES string of the molecule is C#Cc1cc(C[B-](F)(F)F)c(C)c(N2CCNCC2)c1. The second-order valence-corrected chi connectivity index (χ2v) is 5.08. The Bertz CT molecular complexity index is 528. The molecular formula is C14H17BF3N2-. The summed E-state index contributed by atoms with van der Waals surface area (Å²) in [6.07, 6.45) is 4.50. The van der Waals surface area contributed by atoms with E-state index in [1.807, 2.05) is 6.07 Å². The number of hydrogen-bond donors (Lipinski definition) is 1. The highest BCUT2D eigenvalue weighted by atomic mass is 19.4. The van der Waals surface area contributed by atoms with Crippen molar-refractivity contribution in [3.05, 3.63) is 28.8 Å². The summed E-state index contributed by atoms with van der Waals surface area (Å²) in [5.41, 5.74) is 2.32. The molecule has 0 bridgehead atoms. The number of anilines is 1. The molecule has 2 nitrogen and oxygen atoms in total. The zero-order valence-electron chi connectivity index (χ0n) is 11.4. The van der Waals surface area contributed by atoms with Gasteiger partial charge in [-0.05, 0) is 24.6 Å². The van der Waals surface area contributed by atoms with Gasteiger partial charge < -0.3 is 23.2 Å². The second-order valence-electron chi connectivity index (χ2n) is 5.08. The van der Waals surface area contributed by atoms with E-state index in [1.165, 1.54) is 6.07 Å². The first-order valence-electron chi connectivity index (χ1n) is 6.67. The topological polar surface area (TPSA) is 15.3 Å². The van der Waals surface area contributed by atoms with Crippen LogP contribution in [-0.2, 0) is 6.32 Å². The van der Waals surface area contributed by atoms with Crippen molar-refractivity contribution in [1.82, 2.24) is 5.32 Å². The third kappa shape index (κ3) is 3.48. The van der Waals surface area contributed by atoms with Crippen molar-refractivity contribution in [1.29, 1.82) is 0 Å². The lowest BCUT2D eigenvalue weighted by Crippen LogP contribution is -2.44. The Morgan fingerprint density at radius 1 is 1.30 bits per heavy atom. The van der Waals surface area contributed by atoms with E-state index in [9.17, 15) is 12.9 Å². The minimum atomic E-state index is -4.86. The summed E-state index contributed by atoms with van der Waals surface area (Å²) in [6.45, 7) is 0.115. The Morgan fingerprint density at radius 2 is 1.95 bits per heavy atom. The van der Waals surface area contributed by atoms with Gasteiger partial charge in [0.2, 0.25) is 0 Å². The Balaban J connectivity index is 2.40. The van der Waals surface area contributed by atoms with Crippen LogP contribution in [-0.4, -0.2) is 33.2 Å². The average molecular weight is 281 g/mol. The summed E-state index contributed by atoms with van der Waals surface area (Å²) in [6, 6.07) is 3.30. The first-order valence-corrected chi connectivity index (χ1v) is 6.67. The third-order valence-corrected chi connectivity index (χ3v) is 3.56. The molecule has 2 rings (SSSR count). The fraction of sp³-hybridized carbons (Fsp3) is 0.429. The molecule has 1 N–H and O–H groups in total. The van der Waals surface area contributed by atoms with Crippen molar-refractivity contribution in [3.8, 4) is 12.3 Å². The van der Waals surface area contributed by atoms with Crippen molar-refractivity contribution < 1.29 is 12.9 Å². The zero-order chi connectivity index (χ0) is 14.8. The number of terminal acetylenes is 1. The van der Waals surface area contributed by atoms with Crippen LogP contribution in [0.3, 0.4) is 0 Å². The van der Waals surface area contributed by atoms with E-state index in [2.05, 4.69) is 16.1 Å². The monoisotopic (exact) mass is 281 g/mol. The maximum Gasteiger partial charge on any atom is 0.482 e. The Hall–Kier alpha value is -1.61. The molecule has 1 saturated heterocycles. The summed E-state index contributed by atoms with van der Waals surface area (Å²) >= 11 is 0. The molecule has 6 heteroatoms. The van der Waals surface area contributed by atoms with Gasteiger partial charge in [-0.3, -0.25) is 0 Å². The van der Waals surface area contributed by atoms with E-state index in [-0.39, 0.29) is 0 Å². The maximum atomic E-state index is 12.7. The zero-order valence-corrected chi connectivity index (χ0v) is 11.4. The lowest BCUT2D eigenvalue weighted by molar-refractivity contribution is 0.468. The number of rotatable bonds is 3. The van der Waals surface area contributed by atoms with E-state index in [4.69, 9.17) is 6.42 Å². The van der Waals surface area contributed by atoms with E-state index >= 15 is 0 Å². The number of piperazine rings is 1. The second kappa shape index (κ2) is 5.80. The summed E-state index contributed by atoms with van der Waals surface area (Å²) in [4.78, 5) is 2.10. The minimum Gasteiger partial charge on any atom is -0.449 e. The summed E-state index contributed by atoms with van der Waals surface area (Å²) < 4.78 is 38.2. The number of nitrogens with one attached hydrogen (secondary N) is 1. The summed E-state index contributed by atoms with van der Waals surface area (Å²) in [5, 5.41) is 3.23. The van der Waals surface area contributed by atoms with Crippen LogP contribution in [0, 0.1) is 19.3 Å². The van der Waals surface area contributed by atoms with Crippen LogP contribution in [0.5, 0.6) is 0 Å². The number of nitrogens with zero attached hydrogens (tertiary/aromatic N) is 1. The molecule has 1 heterocycles. The molecule has 20 heavy (non-hydrogen) atoms. The normalized spacial score (nSPS) is 16.1. The number of halogens is 3. The molecular weight excluding hydrogens is 264 g/mol. The highest BCUT2D eigenvalue weighted by Gasteiger charge is 2.25. The van der Waals surface area contributed by atoms with Gasteiger partial charge in [-0.15, -0.1) is 6.42 Å². The lowest BCUT2D eigenvalue weighted by Gasteiger charge is -2.32. The highest BCUT2D eigenvalue weighted by molar-refractivity contribution is 6.57. The van der Waals surface area contributed by atoms with E-state index < -0.39 is 13.3 Å². The first kappa shape index (κ1) is 14.8. The van der Waals surface area contributed by atoms with Crippen LogP contribution in [0.4, 0.5) is 18.6 Å². The third-order valence-electron chi connectivity index (χ3n) is 3.56. The maximum absolute atomic E-state index is 12.7. The fourth-order valence-electron chi connectivity index (χ4n) is 2.54. The molecule has 0 amide bonds. The van der Waals surface area contributed by atoms with Crippen molar-refractivity contribution in [2.45, 2.75) is 13.2 Å². The molecule has 1 aromatic rings. The van der Waals surface area contributed by atoms with Crippen molar-refractivity contribution >= 4 is 12.7 Å². The molecule has 0 saturated carbocycles. The first-order chi connectivity index (χ1) is 9.40. The Kier molecular flexibility index (Phi) is 4.29. The minimum absolute atomic E-state index is 0.293. The van der Waals surface area contributed by atoms with Gasteiger partial charge in [0.05, 0.1) is 0 Å². The van der Waals surface area contributed by atoms with Gasteiger partial charge in [0.1, 0.15) is 0 Å². The highest BCUT2D eigenvalue weighted by Crippen LogP contribution is 2.29. The number of benzene rings is 1. The molecule has 0 radical (unpaired) electrons. The van der Waals surface area contributed by atoms with Gasteiger partial charge in [-0.2, -0.15) is 0 Å². The lowest BCUT2D eigenvalue weighted by atomic mass is 9.79. The van der Waals surface area contributed by atoms with Gasteiger partial charge in [-0.25, -0.2) is 0 Å². The molecule has 1 aliphatic rings. The summed E-state index contributed by atoms with van der Waals surface area (Å²) in [7, 11) is 0. The van der Waals surface area contributed by atoms with E-state index in [0.29, 0.717) is 16.7 Å². The van der Waals surface area contributed by atoms with Gasteiger partial charge in [0, 0.05) is 37.4 Å². The quantitative estimate of drug-likeness (QED) is 0.675. The molecule has 108 valence electrons. The van der Waals surface area contributed by atoms with Gasteiger partial charge in [-0.1, -0.05) is 17.8 Å². The molecule has 0 aromatic heterocycles. The van der Waals surface area contributed by atoms with Crippen LogP contribution in [0.25, 0.3) is 0 Å². The van der Waals surface area contributed by atoms with Crippen LogP contribution in [0.15, 0.2) is 12.1 Å². The predicted octanol–water partition coefficient (Wildman–Crippen LogP) is 2.32. The van der Waals surface area contributed by atoms with Crippen LogP contribution >= 0.6 is 0 Å². The summed E-state index contributed by atoms with van der Waals surface area (Å²) in [5.74, 6) is 2.46. The van der Waals surface area contributed by atoms with Crippen molar-refractivity contribution in [2.24, 2.45) is 0 Å². The standard InChI is InChI=1S/C14H17BF3N2/c1-3-12-8-13(10-15(16,17)18)11(2)14(9-12)20-6-4-19-5-7-20/h1,8-9,19H,4-7,10H2,2H3/q-1. The molecule has 0 spiro atoms. The van der Waals surface area contributed by atoms with Crippen molar-refractivity contribution in [3.63, 3.8) is 0 Å². The van der Waals surface area contributed by atoms with Crippen LogP contribution in [0.1, 0.15) is 16.7 Å². The largest absolute Gasteiger partial charge is 0.482 e. The molecule has 1 fully saturated rings. The fourth-order valence-corrected chi connectivity index (χ4v) is 2.54. The smallest absolute Gasteiger partial charge is 0.449 e. The average Bonchev–Trinajstić information content (AvgIpc) is 2.40. The van der Waals surface area contributed by atoms with Gasteiger partial charge >= 0.3 is 6.98 Å². The van der Waals surface area contributed by atoms with Crippen LogP contribution in [0.2, 0.25) is 0 Å². The van der Waals surface area contributed by atoms with Gasteiger partial charge in [0.15, 0.2) is 0 Å².